The monoisotopic (exact) mass is 363 g/mol. The zero-order valence-electron chi connectivity index (χ0n) is 14.4. The molecule has 0 spiro atoms. The largest absolute Gasteiger partial charge is 0.497 e. The van der Waals surface area contributed by atoms with Crippen molar-refractivity contribution in [3.05, 3.63) is 59.7 Å². The van der Waals surface area contributed by atoms with Crippen molar-refractivity contribution in [1.29, 1.82) is 0 Å². The zero-order valence-corrected chi connectivity index (χ0v) is 14.4. The van der Waals surface area contributed by atoms with E-state index >= 15 is 0 Å². The van der Waals surface area contributed by atoms with Crippen LogP contribution in [0.15, 0.2) is 42.5 Å². The van der Waals surface area contributed by atoms with Crippen molar-refractivity contribution in [2.75, 3.05) is 12.4 Å². The molecule has 0 aromatic heterocycles. The smallest absolute Gasteiger partial charge is 0.306 e. The van der Waals surface area contributed by atoms with Crippen molar-refractivity contribution in [1.82, 2.24) is 0 Å². The van der Waals surface area contributed by atoms with Gasteiger partial charge in [0.25, 0.3) is 5.91 Å². The molecule has 1 atom stereocenters. The Hall–Kier alpha value is -2.96. The normalized spacial score (nSPS) is 11.5. The van der Waals surface area contributed by atoms with Gasteiger partial charge in [0.05, 0.1) is 7.11 Å². The molecule has 2 aromatic carbocycles. The summed E-state index contributed by atoms with van der Waals surface area (Å²) in [6.07, 6.45) is -0.498. The lowest BCUT2D eigenvalue weighted by atomic mass is 10.1. The molecule has 138 valence electrons. The Labute approximate surface area is 149 Å². The second kappa shape index (κ2) is 8.94. The maximum Gasteiger partial charge on any atom is 0.306 e. The SMILES string of the molecule is COc1ccc(CCC(=O)O[C@@H](C)C(=O)Nc2ccc(F)c(F)c2)cc1. The van der Waals surface area contributed by atoms with Gasteiger partial charge in [-0.15, -0.1) is 0 Å². The van der Waals surface area contributed by atoms with Gasteiger partial charge in [0.15, 0.2) is 17.7 Å². The van der Waals surface area contributed by atoms with Gasteiger partial charge in [-0.3, -0.25) is 9.59 Å². The van der Waals surface area contributed by atoms with Crippen molar-refractivity contribution < 1.29 is 27.8 Å². The number of aryl methyl sites for hydroxylation is 1. The molecule has 1 N–H and O–H groups in total. The quantitative estimate of drug-likeness (QED) is 0.765. The molecule has 5 nitrogen and oxygen atoms in total. The third-order valence-corrected chi connectivity index (χ3v) is 3.64. The van der Waals surface area contributed by atoms with Crippen LogP contribution in [0.3, 0.4) is 0 Å². The van der Waals surface area contributed by atoms with E-state index in [1.54, 1.807) is 19.2 Å². The lowest BCUT2D eigenvalue weighted by molar-refractivity contribution is -0.153. The highest BCUT2D eigenvalue weighted by molar-refractivity contribution is 5.95. The first kappa shape index (κ1) is 19.4. The number of carbonyl (C=O) groups excluding carboxylic acids is 2. The number of esters is 1. The van der Waals surface area contributed by atoms with Gasteiger partial charge in [-0.2, -0.15) is 0 Å². The van der Waals surface area contributed by atoms with Crippen LogP contribution in [0.1, 0.15) is 18.9 Å². The molecule has 0 saturated heterocycles. The lowest BCUT2D eigenvalue weighted by Gasteiger charge is -2.13. The van der Waals surface area contributed by atoms with Crippen LogP contribution in [-0.2, 0) is 20.7 Å². The van der Waals surface area contributed by atoms with Crippen LogP contribution < -0.4 is 10.1 Å². The van der Waals surface area contributed by atoms with E-state index in [4.69, 9.17) is 9.47 Å². The number of methoxy groups -OCH3 is 1. The molecule has 0 radical (unpaired) electrons. The Morgan fingerprint density at radius 1 is 1.08 bits per heavy atom. The third kappa shape index (κ3) is 5.54. The first-order valence-corrected chi connectivity index (χ1v) is 7.97. The lowest BCUT2D eigenvalue weighted by Crippen LogP contribution is -2.30. The highest BCUT2D eigenvalue weighted by Crippen LogP contribution is 2.15. The summed E-state index contributed by atoms with van der Waals surface area (Å²) in [4.78, 5) is 23.8. The number of anilines is 1. The molecular formula is C19H19F2NO4. The molecule has 2 rings (SSSR count). The molecule has 1 amide bonds. The molecule has 0 heterocycles. The van der Waals surface area contributed by atoms with Crippen molar-refractivity contribution in [2.24, 2.45) is 0 Å². The van der Waals surface area contributed by atoms with E-state index in [9.17, 15) is 18.4 Å². The van der Waals surface area contributed by atoms with Gasteiger partial charge in [-0.05, 0) is 43.2 Å². The van der Waals surface area contributed by atoms with Crippen LogP contribution in [0.2, 0.25) is 0 Å². The molecule has 7 heteroatoms. The van der Waals surface area contributed by atoms with Crippen molar-refractivity contribution in [3.63, 3.8) is 0 Å². The second-order valence-corrected chi connectivity index (χ2v) is 5.60. The van der Waals surface area contributed by atoms with Crippen LogP contribution in [0.25, 0.3) is 0 Å². The fourth-order valence-corrected chi connectivity index (χ4v) is 2.17. The minimum absolute atomic E-state index is 0.0787. The molecule has 0 unspecified atom stereocenters. The number of carbonyl (C=O) groups is 2. The summed E-state index contributed by atoms with van der Waals surface area (Å²) in [5.74, 6) is -2.53. The second-order valence-electron chi connectivity index (χ2n) is 5.60. The predicted octanol–water partition coefficient (Wildman–Crippen LogP) is 3.48. The van der Waals surface area contributed by atoms with E-state index in [0.29, 0.717) is 6.42 Å². The predicted molar refractivity (Wildman–Crippen MR) is 91.9 cm³/mol. The topological polar surface area (TPSA) is 64.6 Å². The van der Waals surface area contributed by atoms with E-state index in [-0.39, 0.29) is 12.1 Å². The molecular weight excluding hydrogens is 344 g/mol. The fraction of sp³-hybridized carbons (Fsp3) is 0.263. The Bertz CT molecular complexity index is 778. The number of ether oxygens (including phenoxy) is 2. The average molecular weight is 363 g/mol. The molecule has 0 aliphatic carbocycles. The van der Waals surface area contributed by atoms with E-state index < -0.39 is 29.6 Å². The standard InChI is InChI=1S/C19H19F2NO4/c1-12(19(24)22-14-6-9-16(20)17(21)11-14)26-18(23)10-5-13-3-7-15(25-2)8-4-13/h3-4,6-9,11-12H,5,10H2,1-2H3,(H,22,24)/t12-/m0/s1. The van der Waals surface area contributed by atoms with Gasteiger partial charge >= 0.3 is 5.97 Å². The Morgan fingerprint density at radius 2 is 1.77 bits per heavy atom. The molecule has 0 aliphatic rings. The van der Waals surface area contributed by atoms with Gasteiger partial charge in [-0.25, -0.2) is 8.78 Å². The summed E-state index contributed by atoms with van der Waals surface area (Å²) >= 11 is 0. The van der Waals surface area contributed by atoms with E-state index in [1.807, 2.05) is 12.1 Å². The zero-order chi connectivity index (χ0) is 19.1. The average Bonchev–Trinajstić information content (AvgIpc) is 2.63. The van der Waals surface area contributed by atoms with Gasteiger partial charge in [0, 0.05) is 18.2 Å². The van der Waals surface area contributed by atoms with Crippen molar-refractivity contribution in [2.45, 2.75) is 25.9 Å². The third-order valence-electron chi connectivity index (χ3n) is 3.64. The van der Waals surface area contributed by atoms with Gasteiger partial charge < -0.3 is 14.8 Å². The minimum atomic E-state index is -1.08. The number of hydrogen-bond donors (Lipinski definition) is 1. The summed E-state index contributed by atoms with van der Waals surface area (Å²) in [5.41, 5.74) is 1.01. The van der Waals surface area contributed by atoms with Gasteiger partial charge in [0.2, 0.25) is 0 Å². The van der Waals surface area contributed by atoms with E-state index in [1.165, 1.54) is 13.0 Å². The number of hydrogen-bond acceptors (Lipinski definition) is 4. The van der Waals surface area contributed by atoms with Crippen LogP contribution in [0, 0.1) is 11.6 Å². The van der Waals surface area contributed by atoms with Crippen LogP contribution in [0.5, 0.6) is 5.75 Å². The maximum absolute atomic E-state index is 13.1. The van der Waals surface area contributed by atoms with Gasteiger partial charge in [-0.1, -0.05) is 12.1 Å². The molecule has 26 heavy (non-hydrogen) atoms. The molecule has 0 bridgehead atoms. The number of amides is 1. The Morgan fingerprint density at radius 3 is 2.38 bits per heavy atom. The van der Waals surface area contributed by atoms with Crippen LogP contribution in [0.4, 0.5) is 14.5 Å². The fourth-order valence-electron chi connectivity index (χ4n) is 2.17. The number of benzene rings is 2. The van der Waals surface area contributed by atoms with E-state index in [0.717, 1.165) is 23.4 Å². The van der Waals surface area contributed by atoms with Crippen LogP contribution >= 0.6 is 0 Å². The number of halogens is 2. The summed E-state index contributed by atoms with van der Waals surface area (Å²) in [6, 6.07) is 10.2. The summed E-state index contributed by atoms with van der Waals surface area (Å²) in [5, 5.41) is 2.36. The first-order chi connectivity index (χ1) is 12.4. The molecule has 2 aromatic rings. The molecule has 0 fully saturated rings. The highest BCUT2D eigenvalue weighted by Gasteiger charge is 2.18. The van der Waals surface area contributed by atoms with Crippen molar-refractivity contribution in [3.8, 4) is 5.75 Å². The number of nitrogens with one attached hydrogen (secondary N) is 1. The number of rotatable bonds is 7. The summed E-state index contributed by atoms with van der Waals surface area (Å²) < 4.78 is 36.1. The maximum atomic E-state index is 13.1. The first-order valence-electron chi connectivity index (χ1n) is 7.97. The molecule has 0 saturated carbocycles. The van der Waals surface area contributed by atoms with Gasteiger partial charge in [0.1, 0.15) is 5.75 Å². The van der Waals surface area contributed by atoms with E-state index in [2.05, 4.69) is 5.32 Å². The Balaban J connectivity index is 1.81. The Kier molecular flexibility index (Phi) is 6.66. The summed E-state index contributed by atoms with van der Waals surface area (Å²) in [7, 11) is 1.57. The summed E-state index contributed by atoms with van der Waals surface area (Å²) in [6.45, 7) is 1.40. The van der Waals surface area contributed by atoms with Crippen LogP contribution in [-0.4, -0.2) is 25.1 Å². The minimum Gasteiger partial charge on any atom is -0.497 e. The highest BCUT2D eigenvalue weighted by atomic mass is 19.2. The van der Waals surface area contributed by atoms with Crippen molar-refractivity contribution >= 4 is 17.6 Å². The molecule has 0 aliphatic heterocycles.